The smallest absolute Gasteiger partial charge is 0.317 e. The van der Waals surface area contributed by atoms with Crippen molar-refractivity contribution in [3.8, 4) is 39.9 Å². The number of hydrogen-bond acceptors (Lipinski definition) is 14. The van der Waals surface area contributed by atoms with Gasteiger partial charge in [0.1, 0.15) is 60.9 Å². The van der Waals surface area contributed by atoms with E-state index in [1.54, 1.807) is 37.6 Å². The molecule has 4 heterocycles. The molecule has 15 nitrogen and oxygen atoms in total. The molecule has 2 aromatic carbocycles. The van der Waals surface area contributed by atoms with E-state index in [-0.39, 0.29) is 18.3 Å². The highest BCUT2D eigenvalue weighted by Crippen LogP contribution is 2.58. The zero-order valence-corrected chi connectivity index (χ0v) is 24.7. The molecule has 6 N–H and O–H groups in total. The lowest BCUT2D eigenvalue weighted by Crippen LogP contribution is -2.60. The maximum Gasteiger partial charge on any atom is 0.317 e. The Bertz CT molecular complexity index is 1630. The summed E-state index contributed by atoms with van der Waals surface area (Å²) in [6.07, 6.45) is -7.80. The van der Waals surface area contributed by atoms with Gasteiger partial charge in [-0.1, -0.05) is 6.07 Å². The van der Waals surface area contributed by atoms with E-state index in [9.17, 15) is 24.9 Å². The van der Waals surface area contributed by atoms with Gasteiger partial charge in [0.25, 0.3) is 0 Å². The molecule has 3 aliphatic rings. The first-order valence-corrected chi connectivity index (χ1v) is 14.3. The zero-order valence-electron chi connectivity index (χ0n) is 24.7. The Morgan fingerprint density at radius 1 is 1.04 bits per heavy atom. The molecular weight excluding hydrogens is 608 g/mol. The number of fused-ring (bicyclic) bond motifs is 5. The number of aliphatic hydroxyl groups is 3. The summed E-state index contributed by atoms with van der Waals surface area (Å²) in [5.74, 6) is -0.272. The number of nitrogens with zero attached hydrogens (tertiary/aromatic N) is 1. The maximum atomic E-state index is 11.7. The molecule has 1 aromatic heterocycles. The maximum absolute atomic E-state index is 11.7. The molecule has 6 rings (SSSR count). The highest BCUT2D eigenvalue weighted by atomic mass is 16.7. The zero-order chi connectivity index (χ0) is 32.7. The number of carbonyl (C=O) groups is 2. The standard InChI is InChI=1S/C31H32N2O13/c1-40-18-5-4-15-17-11-42-19-8-14(44-31-27(39)26(38)25(37)20(45-31)12-43-23(36)9-22(34)35)7-16(13-3-6-21(32)33-10-13)24(19)28(17)46-29(15)30(18)41-2/h3-8,10,17,20,25-28,31,37-39H,9,11-12H2,1-2H3,(H2,32,33)(H,34,35). The Morgan fingerprint density at radius 3 is 2.54 bits per heavy atom. The van der Waals surface area contributed by atoms with Crippen molar-refractivity contribution < 1.29 is 63.2 Å². The number of nitrogens with two attached hydrogens (primary N) is 1. The summed E-state index contributed by atoms with van der Waals surface area (Å²) >= 11 is 0. The van der Waals surface area contributed by atoms with Crippen molar-refractivity contribution in [1.29, 1.82) is 0 Å². The Kier molecular flexibility index (Phi) is 8.48. The number of carbonyl (C=O) groups excluding carboxylic acids is 1. The van der Waals surface area contributed by atoms with E-state index in [1.165, 1.54) is 7.11 Å². The van der Waals surface area contributed by atoms with Crippen LogP contribution < -0.4 is 29.4 Å². The molecule has 1 fully saturated rings. The van der Waals surface area contributed by atoms with Crippen LogP contribution in [0, 0.1) is 0 Å². The fraction of sp³-hybridized carbons (Fsp3) is 0.387. The second-order valence-electron chi connectivity index (χ2n) is 10.9. The minimum Gasteiger partial charge on any atom is -0.493 e. The van der Waals surface area contributed by atoms with Gasteiger partial charge < -0.3 is 59.3 Å². The number of aliphatic carboxylic acids is 1. The van der Waals surface area contributed by atoms with Crippen LogP contribution in [-0.2, 0) is 19.1 Å². The van der Waals surface area contributed by atoms with Crippen LogP contribution in [0.15, 0.2) is 42.6 Å². The number of carboxylic acid groups (broad SMARTS) is 1. The molecule has 3 aromatic rings. The van der Waals surface area contributed by atoms with E-state index in [1.807, 2.05) is 12.1 Å². The fourth-order valence-electron chi connectivity index (χ4n) is 5.84. The van der Waals surface area contributed by atoms with Gasteiger partial charge >= 0.3 is 11.9 Å². The third kappa shape index (κ3) is 5.69. The third-order valence-corrected chi connectivity index (χ3v) is 8.08. The van der Waals surface area contributed by atoms with Crippen LogP contribution in [0.25, 0.3) is 11.1 Å². The van der Waals surface area contributed by atoms with Crippen LogP contribution in [0.2, 0.25) is 0 Å². The first kappa shape index (κ1) is 31.2. The fourth-order valence-corrected chi connectivity index (χ4v) is 5.84. The summed E-state index contributed by atoms with van der Waals surface area (Å²) in [5.41, 5.74) is 8.69. The van der Waals surface area contributed by atoms with Crippen LogP contribution in [-0.4, -0.2) is 95.5 Å². The summed E-state index contributed by atoms with van der Waals surface area (Å²) in [6, 6.07) is 10.4. The van der Waals surface area contributed by atoms with Gasteiger partial charge in [0, 0.05) is 29.0 Å². The van der Waals surface area contributed by atoms with Gasteiger partial charge in [-0.25, -0.2) is 4.98 Å². The molecular formula is C31H32N2O13. The molecule has 7 atom stereocenters. The van der Waals surface area contributed by atoms with Gasteiger partial charge in [0.05, 0.1) is 26.7 Å². The van der Waals surface area contributed by atoms with Crippen molar-refractivity contribution in [1.82, 2.24) is 4.98 Å². The molecule has 0 amide bonds. The van der Waals surface area contributed by atoms with Crippen molar-refractivity contribution in [2.45, 2.75) is 49.1 Å². The van der Waals surface area contributed by atoms with E-state index in [2.05, 4.69) is 4.98 Å². The van der Waals surface area contributed by atoms with E-state index >= 15 is 0 Å². The van der Waals surface area contributed by atoms with Gasteiger partial charge in [-0.15, -0.1) is 0 Å². The predicted molar refractivity (Wildman–Crippen MR) is 156 cm³/mol. The van der Waals surface area contributed by atoms with Gasteiger partial charge in [-0.05, 0) is 29.8 Å². The van der Waals surface area contributed by atoms with Crippen molar-refractivity contribution in [3.63, 3.8) is 0 Å². The Hall–Kier alpha value is -4.83. The summed E-state index contributed by atoms with van der Waals surface area (Å²) in [6.45, 7) is -0.345. The molecule has 0 bridgehead atoms. The van der Waals surface area contributed by atoms with E-state index < -0.39 is 61.8 Å². The van der Waals surface area contributed by atoms with Crippen molar-refractivity contribution in [2.75, 3.05) is 33.2 Å². The summed E-state index contributed by atoms with van der Waals surface area (Å²) in [7, 11) is 3.07. The van der Waals surface area contributed by atoms with Crippen LogP contribution in [0.5, 0.6) is 28.7 Å². The minimum atomic E-state index is -1.74. The topological polar surface area (TPSA) is 219 Å². The normalized spacial score (nSPS) is 26.0. The number of pyridine rings is 1. The number of nitrogen functional groups attached to an aromatic ring is 1. The average molecular weight is 641 g/mol. The van der Waals surface area contributed by atoms with Crippen LogP contribution in [0.1, 0.15) is 29.6 Å². The lowest BCUT2D eigenvalue weighted by atomic mass is 9.85. The number of aliphatic hydroxyl groups excluding tert-OH is 3. The van der Waals surface area contributed by atoms with Crippen molar-refractivity contribution in [3.05, 3.63) is 53.7 Å². The second kappa shape index (κ2) is 12.5. The lowest BCUT2D eigenvalue weighted by Gasteiger charge is -2.40. The van der Waals surface area contributed by atoms with Gasteiger partial charge in [0.15, 0.2) is 11.5 Å². The number of hydrogen-bond donors (Lipinski definition) is 5. The van der Waals surface area contributed by atoms with Crippen molar-refractivity contribution in [2.24, 2.45) is 0 Å². The third-order valence-electron chi connectivity index (χ3n) is 8.08. The molecule has 0 saturated carbocycles. The van der Waals surface area contributed by atoms with E-state index in [0.717, 1.165) is 5.56 Å². The number of aromatic nitrogens is 1. The first-order valence-electron chi connectivity index (χ1n) is 14.3. The second-order valence-corrected chi connectivity index (χ2v) is 10.9. The SMILES string of the molecule is COc1ccc2c(c1OC)OC1c3c(cc(OC4OC(COC(=O)CC(=O)O)C(O)C(O)C4O)cc3-c3ccc(N)nc3)OCC21. The number of anilines is 1. The molecule has 0 radical (unpaired) electrons. The molecule has 15 heteroatoms. The Balaban J connectivity index is 1.33. The van der Waals surface area contributed by atoms with Crippen LogP contribution in [0.4, 0.5) is 5.82 Å². The van der Waals surface area contributed by atoms with Crippen LogP contribution in [0.3, 0.4) is 0 Å². The summed E-state index contributed by atoms with van der Waals surface area (Å²) < 4.78 is 40.4. The number of methoxy groups -OCH3 is 2. The molecule has 7 unspecified atom stereocenters. The monoisotopic (exact) mass is 640 g/mol. The molecule has 0 spiro atoms. The Labute approximate surface area is 261 Å². The molecule has 1 saturated heterocycles. The molecule has 244 valence electrons. The van der Waals surface area contributed by atoms with Gasteiger partial charge in [0.2, 0.25) is 12.0 Å². The number of rotatable bonds is 9. The summed E-state index contributed by atoms with van der Waals surface area (Å²) in [5, 5.41) is 40.4. The quantitative estimate of drug-likeness (QED) is 0.164. The molecule has 46 heavy (non-hydrogen) atoms. The molecule has 0 aliphatic carbocycles. The van der Waals surface area contributed by atoms with Gasteiger partial charge in [-0.3, -0.25) is 9.59 Å². The van der Waals surface area contributed by atoms with Crippen molar-refractivity contribution >= 4 is 17.8 Å². The van der Waals surface area contributed by atoms with Gasteiger partial charge in [-0.2, -0.15) is 0 Å². The highest BCUT2D eigenvalue weighted by molar-refractivity contribution is 5.90. The highest BCUT2D eigenvalue weighted by Gasteiger charge is 2.47. The lowest BCUT2D eigenvalue weighted by molar-refractivity contribution is -0.278. The molecule has 3 aliphatic heterocycles. The largest absolute Gasteiger partial charge is 0.493 e. The Morgan fingerprint density at radius 2 is 1.85 bits per heavy atom. The summed E-state index contributed by atoms with van der Waals surface area (Å²) in [4.78, 5) is 26.8. The first-order chi connectivity index (χ1) is 22.1. The average Bonchev–Trinajstić information content (AvgIpc) is 3.42. The predicted octanol–water partition coefficient (Wildman–Crippen LogP) is 1.16. The number of esters is 1. The number of carboxylic acids is 1. The number of ether oxygens (including phenoxy) is 7. The number of benzene rings is 2. The van der Waals surface area contributed by atoms with E-state index in [4.69, 9.17) is 44.0 Å². The van der Waals surface area contributed by atoms with Crippen LogP contribution >= 0.6 is 0 Å². The van der Waals surface area contributed by atoms with E-state index in [0.29, 0.717) is 45.5 Å². The minimum absolute atomic E-state index is 0.160.